The highest BCUT2D eigenvalue weighted by Gasteiger charge is 2.46. The zero-order valence-corrected chi connectivity index (χ0v) is 48.5. The van der Waals surface area contributed by atoms with Gasteiger partial charge in [-0.3, -0.25) is 32.8 Å². The van der Waals surface area contributed by atoms with Crippen LogP contribution in [0.15, 0.2) is 148 Å². The molecule has 0 saturated carbocycles. The van der Waals surface area contributed by atoms with Crippen molar-refractivity contribution in [2.45, 2.75) is 105 Å². The van der Waals surface area contributed by atoms with Crippen LogP contribution in [0.4, 0.5) is 11.4 Å². The lowest BCUT2D eigenvalue weighted by Gasteiger charge is -2.27. The van der Waals surface area contributed by atoms with E-state index in [2.05, 4.69) is 10.6 Å². The molecule has 0 unspecified atom stereocenters. The Morgan fingerprint density at radius 2 is 1.41 bits per heavy atom. The quantitative estimate of drug-likeness (QED) is 0.0160. The molecular formula is C58H64N5O14S4+. The third kappa shape index (κ3) is 13.4. The standard InChI is InChI=1S/C58H63N5O14S4/c1-6-30-62-49-26-23-44-46(34-43(80(72,73)74)35-50(44)81(75,76)77)55(49)58(4,5)51(62)27-20-40(47-24-18-41(37-60-47)56(65)59-29-12-8-11-16-53(64)61-36-38-14-9-7-10-15-38)21-28-52-57(2,3)54-45-33-42(79(69,70)71)22-17-39(45)19-25-48(54)63(52)31-13-32-78(66,67)68/h7,9-10,14-15,17-28,33-35,37H,6,8,11-13,16,29-32,36H2,1-5H3,(H5-,59,61,64,65,66,67,68,69,70,71,72,73,74,75,76,77)/p+1. The first kappa shape index (κ1) is 60.1. The Labute approximate surface area is 472 Å². The van der Waals surface area contributed by atoms with Crippen molar-refractivity contribution in [3.63, 3.8) is 0 Å². The number of pyridine rings is 1. The highest BCUT2D eigenvalue weighted by Crippen LogP contribution is 2.52. The normalized spacial score (nSPS) is 15.9. The van der Waals surface area contributed by atoms with Gasteiger partial charge in [-0.15, -0.1) is 0 Å². The summed E-state index contributed by atoms with van der Waals surface area (Å²) in [5.41, 5.74) is 3.99. The predicted octanol–water partition coefficient (Wildman–Crippen LogP) is 9.12. The van der Waals surface area contributed by atoms with Gasteiger partial charge in [0, 0.05) is 84.1 Å². The van der Waals surface area contributed by atoms with E-state index in [1.165, 1.54) is 30.5 Å². The second-order valence-corrected chi connectivity index (χ2v) is 26.9. The molecule has 2 aliphatic rings. The van der Waals surface area contributed by atoms with Gasteiger partial charge >= 0.3 is 0 Å². The molecule has 3 heterocycles. The number of rotatable bonds is 22. The number of carbonyl (C=O) groups is 2. The van der Waals surface area contributed by atoms with Gasteiger partial charge in [0.15, 0.2) is 5.71 Å². The number of hydrogen-bond donors (Lipinski definition) is 6. The van der Waals surface area contributed by atoms with Gasteiger partial charge in [0.05, 0.1) is 32.2 Å². The van der Waals surface area contributed by atoms with Gasteiger partial charge < -0.3 is 15.5 Å². The van der Waals surface area contributed by atoms with E-state index in [0.29, 0.717) is 114 Å². The van der Waals surface area contributed by atoms with E-state index in [9.17, 15) is 61.5 Å². The minimum absolute atomic E-state index is 0.00391. The van der Waals surface area contributed by atoms with E-state index in [0.717, 1.165) is 5.56 Å². The number of unbranched alkanes of at least 4 members (excludes halogenated alkanes) is 2. The molecule has 0 radical (unpaired) electrons. The summed E-state index contributed by atoms with van der Waals surface area (Å²) in [6.45, 7) is 10.9. The molecule has 0 bridgehead atoms. The lowest BCUT2D eigenvalue weighted by atomic mass is 9.79. The third-order valence-electron chi connectivity index (χ3n) is 14.7. The number of allylic oxidation sites excluding steroid dienone is 6. The largest absolute Gasteiger partial charge is 0.352 e. The number of nitrogens with one attached hydrogen (secondary N) is 2. The van der Waals surface area contributed by atoms with Crippen LogP contribution in [0.1, 0.15) is 106 Å². The second kappa shape index (κ2) is 23.5. The first-order chi connectivity index (χ1) is 38.0. The fourth-order valence-electron chi connectivity index (χ4n) is 10.9. The highest BCUT2D eigenvalue weighted by molar-refractivity contribution is 7.87. The van der Waals surface area contributed by atoms with Crippen LogP contribution >= 0.6 is 0 Å². The van der Waals surface area contributed by atoms with Gasteiger partial charge in [0.2, 0.25) is 11.6 Å². The van der Waals surface area contributed by atoms with E-state index in [4.69, 9.17) is 4.98 Å². The Morgan fingerprint density at radius 3 is 2.06 bits per heavy atom. The van der Waals surface area contributed by atoms with Crippen LogP contribution in [0.2, 0.25) is 0 Å². The van der Waals surface area contributed by atoms with Crippen LogP contribution in [-0.4, -0.2) is 104 Å². The molecule has 2 aliphatic heterocycles. The van der Waals surface area contributed by atoms with Gasteiger partial charge in [-0.1, -0.05) is 75.7 Å². The monoisotopic (exact) mass is 1180 g/mol. The molecule has 0 atom stereocenters. The van der Waals surface area contributed by atoms with Gasteiger partial charge in [-0.05, 0) is 121 Å². The van der Waals surface area contributed by atoms with Gasteiger partial charge in [0.25, 0.3) is 46.4 Å². The van der Waals surface area contributed by atoms with E-state index in [1.807, 2.05) is 92.6 Å². The van der Waals surface area contributed by atoms with Crippen LogP contribution in [0.25, 0.3) is 27.1 Å². The maximum atomic E-state index is 13.5. The summed E-state index contributed by atoms with van der Waals surface area (Å²) >= 11 is 0. The summed E-state index contributed by atoms with van der Waals surface area (Å²) in [5.74, 6) is -0.977. The van der Waals surface area contributed by atoms with Gasteiger partial charge in [-0.2, -0.15) is 38.2 Å². The number of aromatic nitrogens is 1. The minimum Gasteiger partial charge on any atom is -0.352 e. The van der Waals surface area contributed by atoms with Gasteiger partial charge in [0.1, 0.15) is 11.4 Å². The first-order valence-electron chi connectivity index (χ1n) is 26.1. The molecule has 2 amide bonds. The molecule has 428 valence electrons. The zero-order chi connectivity index (χ0) is 58.9. The van der Waals surface area contributed by atoms with E-state index in [-0.39, 0.29) is 46.0 Å². The molecule has 8 rings (SSSR count). The zero-order valence-electron chi connectivity index (χ0n) is 45.2. The summed E-state index contributed by atoms with van der Waals surface area (Å²) in [6.07, 6.45) is 11.6. The first-order valence-corrected chi connectivity index (χ1v) is 32.1. The molecule has 0 aliphatic carbocycles. The summed E-state index contributed by atoms with van der Waals surface area (Å²) in [4.78, 5) is 30.9. The summed E-state index contributed by atoms with van der Waals surface area (Å²) in [6, 6.07) is 25.9. The van der Waals surface area contributed by atoms with Crippen molar-refractivity contribution in [2.75, 3.05) is 30.3 Å². The fraction of sp³-hybridized carbons (Fsp3) is 0.310. The molecular weight excluding hydrogens is 1120 g/mol. The molecule has 81 heavy (non-hydrogen) atoms. The SMILES string of the molecule is CCCN1/C(=C/C=C(/C=C/C2=[N+](CCCS(=O)(=O)O)c3ccc4ccc(S(=O)(=O)O)cc4c3C2(C)C)c2ccc(C(=O)NCCCCCC(=O)NCc3ccccc3)cn2)C(C)(C)c2c1ccc1c(S(=O)(=O)O)cc(S(=O)(=O)O)cc21. The lowest BCUT2D eigenvalue weighted by Crippen LogP contribution is -2.28. The summed E-state index contributed by atoms with van der Waals surface area (Å²) in [7, 11) is -19.0. The fourth-order valence-corrected chi connectivity index (χ4v) is 13.2. The van der Waals surface area contributed by atoms with E-state index >= 15 is 0 Å². The number of carbonyl (C=O) groups excluding carboxylic acids is 2. The molecule has 0 saturated heterocycles. The summed E-state index contributed by atoms with van der Waals surface area (Å²) in [5, 5.41) is 7.23. The van der Waals surface area contributed by atoms with E-state index in [1.54, 1.807) is 42.5 Å². The van der Waals surface area contributed by atoms with Crippen LogP contribution < -0.4 is 15.5 Å². The lowest BCUT2D eigenvalue weighted by molar-refractivity contribution is -0.437. The van der Waals surface area contributed by atoms with Crippen molar-refractivity contribution in [2.24, 2.45) is 0 Å². The Kier molecular flexibility index (Phi) is 17.4. The number of nitrogens with zero attached hydrogens (tertiary/aromatic N) is 3. The molecule has 6 aromatic rings. The Bertz CT molecular complexity index is 4080. The van der Waals surface area contributed by atoms with Crippen LogP contribution in [0.5, 0.6) is 0 Å². The van der Waals surface area contributed by atoms with Crippen LogP contribution in [0.3, 0.4) is 0 Å². The minimum atomic E-state index is -5.00. The number of hydrogen-bond acceptors (Lipinski definition) is 12. The van der Waals surface area contributed by atoms with Crippen molar-refractivity contribution >= 4 is 96.5 Å². The number of benzene rings is 5. The average Bonchev–Trinajstić information content (AvgIpc) is 3.37. The van der Waals surface area contributed by atoms with Crippen molar-refractivity contribution in [1.29, 1.82) is 0 Å². The van der Waals surface area contributed by atoms with Crippen molar-refractivity contribution in [3.8, 4) is 0 Å². The Balaban J connectivity index is 1.18. The molecule has 19 nitrogen and oxygen atoms in total. The van der Waals surface area contributed by atoms with Crippen molar-refractivity contribution in [1.82, 2.24) is 15.6 Å². The summed E-state index contributed by atoms with van der Waals surface area (Å²) < 4.78 is 142. The maximum Gasteiger partial charge on any atom is 0.295 e. The maximum absolute atomic E-state index is 13.5. The second-order valence-electron chi connectivity index (χ2n) is 21.1. The third-order valence-corrected chi connectivity index (χ3v) is 18.1. The molecule has 23 heteroatoms. The molecule has 6 N–H and O–H groups in total. The van der Waals surface area contributed by atoms with Crippen molar-refractivity contribution < 1.29 is 66.0 Å². The predicted molar refractivity (Wildman–Crippen MR) is 310 cm³/mol. The highest BCUT2D eigenvalue weighted by atomic mass is 32.2. The molecule has 1 aromatic heterocycles. The number of anilines is 1. The Hall–Kier alpha value is -6.96. The smallest absolute Gasteiger partial charge is 0.295 e. The average molecular weight is 1180 g/mol. The molecule has 0 fully saturated rings. The number of fused-ring (bicyclic) bond motifs is 6. The Morgan fingerprint density at radius 1 is 0.704 bits per heavy atom. The molecule has 0 spiro atoms. The van der Waals surface area contributed by atoms with Crippen LogP contribution in [0, 0.1) is 0 Å². The molecule has 5 aromatic carbocycles. The van der Waals surface area contributed by atoms with Gasteiger partial charge in [-0.25, -0.2) is 0 Å². The topological polar surface area (TPSA) is 295 Å². The van der Waals surface area contributed by atoms with Crippen LogP contribution in [-0.2, 0) is 62.6 Å². The van der Waals surface area contributed by atoms with E-state index < -0.39 is 66.8 Å². The number of amides is 2. The van der Waals surface area contributed by atoms with Crippen molar-refractivity contribution in [3.05, 3.63) is 161 Å².